The summed E-state index contributed by atoms with van der Waals surface area (Å²) in [7, 11) is 0. The van der Waals surface area contributed by atoms with Crippen LogP contribution in [0.15, 0.2) is 67.0 Å². The lowest BCUT2D eigenvalue weighted by Crippen LogP contribution is -2.28. The summed E-state index contributed by atoms with van der Waals surface area (Å²) in [6.07, 6.45) is 4.62. The zero-order valence-electron chi connectivity index (χ0n) is 16.4. The molecule has 2 heterocycles. The van der Waals surface area contributed by atoms with E-state index in [0.29, 0.717) is 18.8 Å². The summed E-state index contributed by atoms with van der Waals surface area (Å²) in [6, 6.07) is 18.0. The van der Waals surface area contributed by atoms with Gasteiger partial charge in [0.1, 0.15) is 0 Å². The van der Waals surface area contributed by atoms with Crippen LogP contribution in [0.3, 0.4) is 0 Å². The molecule has 0 radical (unpaired) electrons. The molecule has 6 heteroatoms. The number of carbonyl (C=O) groups is 2. The minimum absolute atomic E-state index is 0.0193. The van der Waals surface area contributed by atoms with E-state index in [1.54, 1.807) is 15.8 Å². The number of anilines is 2. The third kappa shape index (κ3) is 4.37. The molecule has 1 N–H and O–H groups in total. The number of amides is 2. The first-order valence-corrected chi connectivity index (χ1v) is 9.89. The maximum absolute atomic E-state index is 12.7. The van der Waals surface area contributed by atoms with Crippen LogP contribution in [-0.2, 0) is 22.6 Å². The van der Waals surface area contributed by atoms with Crippen molar-refractivity contribution in [2.45, 2.75) is 26.3 Å². The minimum Gasteiger partial charge on any atom is -0.323 e. The quantitative estimate of drug-likeness (QED) is 0.703. The SMILES string of the molecule is CCc1ccc(N2CC(C(=O)Nc3cnn(Cc4ccccc4)c3)CC2=O)cc1. The lowest BCUT2D eigenvalue weighted by Gasteiger charge is -2.17. The third-order valence-corrected chi connectivity index (χ3v) is 5.24. The summed E-state index contributed by atoms with van der Waals surface area (Å²) in [5.41, 5.74) is 3.85. The Bertz CT molecular complexity index is 995. The fraction of sp³-hybridized carbons (Fsp3) is 0.261. The standard InChI is InChI=1S/C23H24N4O2/c1-2-17-8-10-21(11-9-17)27-15-19(12-22(27)28)23(29)25-20-13-24-26(16-20)14-18-6-4-3-5-7-18/h3-11,13,16,19H,2,12,14-15H2,1H3,(H,25,29). The Hall–Kier alpha value is -3.41. The lowest BCUT2D eigenvalue weighted by atomic mass is 10.1. The van der Waals surface area contributed by atoms with Gasteiger partial charge in [0.25, 0.3) is 0 Å². The fourth-order valence-corrected chi connectivity index (χ4v) is 3.57. The number of rotatable bonds is 6. The van der Waals surface area contributed by atoms with Crippen molar-refractivity contribution in [3.8, 4) is 0 Å². The molecule has 1 unspecified atom stereocenters. The van der Waals surface area contributed by atoms with E-state index in [9.17, 15) is 9.59 Å². The molecule has 1 aromatic heterocycles. The van der Waals surface area contributed by atoms with Crippen LogP contribution in [0, 0.1) is 5.92 Å². The van der Waals surface area contributed by atoms with Gasteiger partial charge < -0.3 is 10.2 Å². The smallest absolute Gasteiger partial charge is 0.229 e. The van der Waals surface area contributed by atoms with Gasteiger partial charge >= 0.3 is 0 Å². The van der Waals surface area contributed by atoms with Crippen LogP contribution in [0.5, 0.6) is 0 Å². The van der Waals surface area contributed by atoms with E-state index >= 15 is 0 Å². The molecule has 0 bridgehead atoms. The maximum atomic E-state index is 12.7. The topological polar surface area (TPSA) is 67.2 Å². The van der Waals surface area contributed by atoms with Crippen molar-refractivity contribution in [1.82, 2.24) is 9.78 Å². The first-order chi connectivity index (χ1) is 14.1. The van der Waals surface area contributed by atoms with Crippen LogP contribution in [0.25, 0.3) is 0 Å². The summed E-state index contributed by atoms with van der Waals surface area (Å²) in [5, 5.41) is 7.21. The van der Waals surface area contributed by atoms with Crippen LogP contribution in [0.1, 0.15) is 24.5 Å². The molecule has 1 atom stereocenters. The average Bonchev–Trinajstić information content (AvgIpc) is 3.35. The molecule has 1 aliphatic rings. The summed E-state index contributed by atoms with van der Waals surface area (Å²) in [6.45, 7) is 3.13. The molecule has 3 aromatic rings. The number of nitrogens with zero attached hydrogens (tertiary/aromatic N) is 3. The first-order valence-electron chi connectivity index (χ1n) is 9.89. The Balaban J connectivity index is 1.37. The van der Waals surface area contributed by atoms with E-state index in [2.05, 4.69) is 17.3 Å². The average molecular weight is 388 g/mol. The van der Waals surface area contributed by atoms with Gasteiger partial charge in [-0.2, -0.15) is 5.10 Å². The van der Waals surface area contributed by atoms with Crippen molar-refractivity contribution in [2.75, 3.05) is 16.8 Å². The van der Waals surface area contributed by atoms with E-state index < -0.39 is 0 Å². The zero-order valence-corrected chi connectivity index (χ0v) is 16.4. The second-order valence-corrected chi connectivity index (χ2v) is 7.33. The Kier molecular flexibility index (Phi) is 5.42. The molecular weight excluding hydrogens is 364 g/mol. The van der Waals surface area contributed by atoms with Gasteiger partial charge in [-0.1, -0.05) is 49.4 Å². The molecule has 1 saturated heterocycles. The normalized spacial score (nSPS) is 16.2. The van der Waals surface area contributed by atoms with Crippen molar-refractivity contribution in [1.29, 1.82) is 0 Å². The molecule has 1 aliphatic heterocycles. The molecule has 0 saturated carbocycles. The fourth-order valence-electron chi connectivity index (χ4n) is 3.57. The first kappa shape index (κ1) is 18.9. The van der Waals surface area contributed by atoms with E-state index in [-0.39, 0.29) is 24.2 Å². The van der Waals surface area contributed by atoms with Gasteiger partial charge in [-0.3, -0.25) is 14.3 Å². The van der Waals surface area contributed by atoms with Crippen LogP contribution in [0.2, 0.25) is 0 Å². The molecule has 29 heavy (non-hydrogen) atoms. The summed E-state index contributed by atoms with van der Waals surface area (Å²) in [4.78, 5) is 26.8. The predicted molar refractivity (Wildman–Crippen MR) is 113 cm³/mol. The second-order valence-electron chi connectivity index (χ2n) is 7.33. The van der Waals surface area contributed by atoms with E-state index in [1.807, 2.05) is 60.8 Å². The van der Waals surface area contributed by atoms with Crippen molar-refractivity contribution in [3.05, 3.63) is 78.1 Å². The van der Waals surface area contributed by atoms with Crippen LogP contribution in [0.4, 0.5) is 11.4 Å². The molecule has 2 aromatic carbocycles. The van der Waals surface area contributed by atoms with Crippen LogP contribution >= 0.6 is 0 Å². The highest BCUT2D eigenvalue weighted by molar-refractivity contribution is 6.03. The molecule has 6 nitrogen and oxygen atoms in total. The lowest BCUT2D eigenvalue weighted by molar-refractivity contribution is -0.122. The number of hydrogen-bond acceptors (Lipinski definition) is 3. The second kappa shape index (κ2) is 8.31. The highest BCUT2D eigenvalue weighted by Crippen LogP contribution is 2.26. The highest BCUT2D eigenvalue weighted by Gasteiger charge is 2.35. The molecule has 2 amide bonds. The van der Waals surface area contributed by atoms with E-state index in [4.69, 9.17) is 0 Å². The van der Waals surface area contributed by atoms with Gasteiger partial charge in [0, 0.05) is 24.8 Å². The van der Waals surface area contributed by atoms with Crippen molar-refractivity contribution >= 4 is 23.2 Å². The molecule has 1 fully saturated rings. The van der Waals surface area contributed by atoms with Gasteiger partial charge in [0.15, 0.2) is 0 Å². The molecule has 148 valence electrons. The largest absolute Gasteiger partial charge is 0.323 e. The Morgan fingerprint density at radius 2 is 1.86 bits per heavy atom. The molecule has 4 rings (SSSR count). The van der Waals surface area contributed by atoms with Crippen LogP contribution in [-0.4, -0.2) is 28.1 Å². The zero-order chi connectivity index (χ0) is 20.2. The minimum atomic E-state index is -0.370. The summed E-state index contributed by atoms with van der Waals surface area (Å²) < 4.78 is 1.78. The number of aryl methyl sites for hydroxylation is 1. The summed E-state index contributed by atoms with van der Waals surface area (Å²) >= 11 is 0. The monoisotopic (exact) mass is 388 g/mol. The maximum Gasteiger partial charge on any atom is 0.229 e. The number of hydrogen-bond donors (Lipinski definition) is 1. The Morgan fingerprint density at radius 3 is 2.59 bits per heavy atom. The number of benzene rings is 2. The molecular formula is C23H24N4O2. The summed E-state index contributed by atoms with van der Waals surface area (Å²) in [5.74, 6) is -0.537. The van der Waals surface area contributed by atoms with Crippen molar-refractivity contribution < 1.29 is 9.59 Å². The van der Waals surface area contributed by atoms with Gasteiger partial charge in [-0.05, 0) is 29.7 Å². The molecule has 0 aliphatic carbocycles. The van der Waals surface area contributed by atoms with Crippen LogP contribution < -0.4 is 10.2 Å². The molecule has 0 spiro atoms. The van der Waals surface area contributed by atoms with Gasteiger partial charge in [0.05, 0.1) is 24.3 Å². The van der Waals surface area contributed by atoms with Crippen molar-refractivity contribution in [2.24, 2.45) is 5.92 Å². The third-order valence-electron chi connectivity index (χ3n) is 5.24. The van der Waals surface area contributed by atoms with E-state index in [0.717, 1.165) is 17.7 Å². The Labute approximate surface area is 170 Å². The highest BCUT2D eigenvalue weighted by atomic mass is 16.2. The number of nitrogens with one attached hydrogen (secondary N) is 1. The predicted octanol–water partition coefficient (Wildman–Crippen LogP) is 3.49. The van der Waals surface area contributed by atoms with Crippen molar-refractivity contribution in [3.63, 3.8) is 0 Å². The van der Waals surface area contributed by atoms with E-state index in [1.165, 1.54) is 5.56 Å². The van der Waals surface area contributed by atoms with Gasteiger partial charge in [-0.25, -0.2) is 0 Å². The Morgan fingerprint density at radius 1 is 1.10 bits per heavy atom. The number of aromatic nitrogens is 2. The van der Waals surface area contributed by atoms with Gasteiger partial charge in [0.2, 0.25) is 11.8 Å². The van der Waals surface area contributed by atoms with Gasteiger partial charge in [-0.15, -0.1) is 0 Å². The number of carbonyl (C=O) groups excluding carboxylic acids is 2.